The molecule has 1 aliphatic rings. The molecule has 0 bridgehead atoms. The summed E-state index contributed by atoms with van der Waals surface area (Å²) in [5.74, 6) is -1.37. The third-order valence-electron chi connectivity index (χ3n) is 3.41. The second-order valence-electron chi connectivity index (χ2n) is 4.68. The normalized spacial score (nSPS) is 14.9. The van der Waals surface area contributed by atoms with Crippen molar-refractivity contribution >= 4 is 22.7 Å². The number of nitrogens with one attached hydrogen (secondary N) is 1. The highest BCUT2D eigenvalue weighted by Crippen LogP contribution is 2.21. The summed E-state index contributed by atoms with van der Waals surface area (Å²) >= 11 is 0. The van der Waals surface area contributed by atoms with Gasteiger partial charge in [0.05, 0.1) is 0 Å². The van der Waals surface area contributed by atoms with Crippen molar-refractivity contribution in [2.75, 3.05) is 6.61 Å². The summed E-state index contributed by atoms with van der Waals surface area (Å²) < 4.78 is 4.62. The van der Waals surface area contributed by atoms with Crippen LogP contribution in [0.25, 0.3) is 10.9 Å². The molecule has 1 aliphatic heterocycles. The summed E-state index contributed by atoms with van der Waals surface area (Å²) in [6.07, 6.45) is 2.53. The van der Waals surface area contributed by atoms with E-state index in [0.29, 0.717) is 6.42 Å². The molecule has 102 valence electrons. The van der Waals surface area contributed by atoms with E-state index < -0.39 is 5.97 Å². The van der Waals surface area contributed by atoms with Crippen molar-refractivity contribution in [2.24, 2.45) is 0 Å². The van der Waals surface area contributed by atoms with E-state index in [2.05, 4.69) is 9.72 Å². The Morgan fingerprint density at radius 2 is 2.15 bits per heavy atom. The summed E-state index contributed by atoms with van der Waals surface area (Å²) in [6, 6.07) is 7.81. The van der Waals surface area contributed by atoms with Crippen LogP contribution in [0.2, 0.25) is 0 Å². The number of Topliss-reactive ketones (excluding diaryl/α,β-unsaturated/α-hetero) is 1. The van der Waals surface area contributed by atoms with Gasteiger partial charge in [0.1, 0.15) is 17.9 Å². The summed E-state index contributed by atoms with van der Waals surface area (Å²) in [4.78, 5) is 26.4. The smallest absolute Gasteiger partial charge is 0.345 e. The molecule has 5 heteroatoms. The highest BCUT2D eigenvalue weighted by molar-refractivity contribution is 6.18. The number of ketones is 1. The molecule has 0 saturated heterocycles. The summed E-state index contributed by atoms with van der Waals surface area (Å²) in [7, 11) is 0. The van der Waals surface area contributed by atoms with Crippen molar-refractivity contribution in [1.29, 1.82) is 0 Å². The van der Waals surface area contributed by atoms with Gasteiger partial charge in [0.15, 0.2) is 5.78 Å². The second-order valence-corrected chi connectivity index (χ2v) is 4.68. The maximum Gasteiger partial charge on any atom is 0.345 e. The molecule has 0 amide bonds. The molecule has 0 unspecified atom stereocenters. The Labute approximate surface area is 114 Å². The lowest BCUT2D eigenvalue weighted by molar-refractivity contribution is -0.137. The van der Waals surface area contributed by atoms with Crippen LogP contribution >= 0.6 is 0 Å². The minimum atomic E-state index is -0.730. The van der Waals surface area contributed by atoms with Gasteiger partial charge in [-0.15, -0.1) is 0 Å². The van der Waals surface area contributed by atoms with Gasteiger partial charge in [0.2, 0.25) is 0 Å². The fourth-order valence-corrected chi connectivity index (χ4v) is 2.38. The van der Waals surface area contributed by atoms with Gasteiger partial charge in [-0.3, -0.25) is 4.79 Å². The lowest BCUT2D eigenvalue weighted by Gasteiger charge is -2.00. The van der Waals surface area contributed by atoms with E-state index in [4.69, 9.17) is 0 Å². The van der Waals surface area contributed by atoms with Crippen LogP contribution in [-0.2, 0) is 20.7 Å². The third kappa shape index (κ3) is 2.07. The minimum Gasteiger partial charge on any atom is -0.508 e. The van der Waals surface area contributed by atoms with Crippen molar-refractivity contribution < 1.29 is 19.4 Å². The van der Waals surface area contributed by atoms with E-state index in [1.165, 1.54) is 0 Å². The van der Waals surface area contributed by atoms with Crippen LogP contribution in [-0.4, -0.2) is 28.4 Å². The number of hydrogen-bond donors (Lipinski definition) is 2. The van der Waals surface area contributed by atoms with E-state index >= 15 is 0 Å². The molecule has 3 rings (SSSR count). The highest BCUT2D eigenvalue weighted by Gasteiger charge is 2.30. The number of fused-ring (bicyclic) bond motifs is 1. The van der Waals surface area contributed by atoms with Gasteiger partial charge < -0.3 is 14.8 Å². The molecular formula is C15H13NO4. The molecule has 0 atom stereocenters. The molecule has 2 heterocycles. The van der Waals surface area contributed by atoms with E-state index in [9.17, 15) is 14.7 Å². The molecule has 5 nitrogen and oxygen atoms in total. The first-order valence-electron chi connectivity index (χ1n) is 6.34. The molecule has 0 spiro atoms. The highest BCUT2D eigenvalue weighted by atomic mass is 16.5. The fraction of sp³-hybridized carbons (Fsp3) is 0.200. The van der Waals surface area contributed by atoms with Crippen LogP contribution in [0.1, 0.15) is 12.0 Å². The van der Waals surface area contributed by atoms with Gasteiger partial charge in [0, 0.05) is 23.5 Å². The molecule has 0 radical (unpaired) electrons. The van der Waals surface area contributed by atoms with Crippen molar-refractivity contribution in [2.45, 2.75) is 12.8 Å². The van der Waals surface area contributed by atoms with Crippen LogP contribution in [0.15, 0.2) is 41.8 Å². The van der Waals surface area contributed by atoms with Crippen LogP contribution in [0.5, 0.6) is 0 Å². The molecular weight excluding hydrogens is 258 g/mol. The fourth-order valence-electron chi connectivity index (χ4n) is 2.38. The second kappa shape index (κ2) is 4.85. The zero-order valence-electron chi connectivity index (χ0n) is 10.7. The molecule has 0 saturated carbocycles. The Balaban J connectivity index is 1.75. The van der Waals surface area contributed by atoms with Gasteiger partial charge in [-0.05, 0) is 18.1 Å². The first kappa shape index (κ1) is 12.5. The molecule has 2 N–H and O–H groups in total. The van der Waals surface area contributed by atoms with Crippen LogP contribution < -0.4 is 0 Å². The number of aliphatic hydroxyl groups is 1. The average Bonchev–Trinajstić information content (AvgIpc) is 3.00. The molecule has 2 aromatic rings. The number of hydrogen-bond acceptors (Lipinski definition) is 4. The van der Waals surface area contributed by atoms with E-state index in [0.717, 1.165) is 16.5 Å². The number of rotatable bonds is 4. The number of aromatic amines is 1. The lowest BCUT2D eigenvalue weighted by Crippen LogP contribution is -2.11. The third-order valence-corrected chi connectivity index (χ3v) is 3.41. The Bertz CT molecular complexity index is 726. The zero-order chi connectivity index (χ0) is 14.1. The molecule has 0 fully saturated rings. The maximum atomic E-state index is 12.0. The maximum absolute atomic E-state index is 12.0. The topological polar surface area (TPSA) is 79.4 Å². The van der Waals surface area contributed by atoms with Crippen LogP contribution in [0.3, 0.4) is 0 Å². The Hall–Kier alpha value is -2.56. The van der Waals surface area contributed by atoms with Gasteiger partial charge >= 0.3 is 5.97 Å². The summed E-state index contributed by atoms with van der Waals surface area (Å²) in [5.41, 5.74) is 1.82. The van der Waals surface area contributed by atoms with Crippen LogP contribution in [0.4, 0.5) is 0 Å². The van der Waals surface area contributed by atoms with Crippen molar-refractivity contribution in [1.82, 2.24) is 4.98 Å². The summed E-state index contributed by atoms with van der Waals surface area (Å²) in [5, 5.41) is 10.5. The van der Waals surface area contributed by atoms with Crippen molar-refractivity contribution in [3.8, 4) is 0 Å². The van der Waals surface area contributed by atoms with Gasteiger partial charge in [0.25, 0.3) is 0 Å². The molecule has 20 heavy (non-hydrogen) atoms. The number of aryl methyl sites for hydroxylation is 1. The molecule has 1 aromatic heterocycles. The number of H-pyrrole nitrogens is 1. The number of esters is 1. The quantitative estimate of drug-likeness (QED) is 0.658. The number of ether oxygens (including phenoxy) is 1. The zero-order valence-corrected chi connectivity index (χ0v) is 10.7. The Morgan fingerprint density at radius 1 is 1.35 bits per heavy atom. The number of aromatic nitrogens is 1. The number of carbonyl (C=O) groups excluding carboxylic acids is 2. The average molecular weight is 271 g/mol. The van der Waals surface area contributed by atoms with Crippen LogP contribution in [0, 0.1) is 0 Å². The summed E-state index contributed by atoms with van der Waals surface area (Å²) in [6.45, 7) is -0.201. The monoisotopic (exact) mass is 271 g/mol. The van der Waals surface area contributed by atoms with Gasteiger partial charge in [-0.2, -0.15) is 0 Å². The number of cyclic esters (lactones) is 1. The SMILES string of the molecule is O=C(CCc1c[nH]c2ccccc12)C1=C(O)COC1=O. The van der Waals surface area contributed by atoms with E-state index in [-0.39, 0.29) is 30.1 Å². The van der Waals surface area contributed by atoms with Crippen molar-refractivity contribution in [3.63, 3.8) is 0 Å². The first-order valence-corrected chi connectivity index (χ1v) is 6.34. The lowest BCUT2D eigenvalue weighted by atomic mass is 10.0. The number of aliphatic hydroxyl groups excluding tert-OH is 1. The molecule has 0 aliphatic carbocycles. The standard InChI is InChI=1S/C15H13NO4/c17-12(14-13(18)8-20-15(14)19)6-5-9-7-16-11-4-2-1-3-10(9)11/h1-4,7,16,18H,5-6,8H2. The number of carbonyl (C=O) groups is 2. The van der Waals surface area contributed by atoms with E-state index in [1.54, 1.807) is 0 Å². The largest absolute Gasteiger partial charge is 0.508 e. The Morgan fingerprint density at radius 3 is 2.90 bits per heavy atom. The Kier molecular flexibility index (Phi) is 3.02. The first-order chi connectivity index (χ1) is 9.66. The van der Waals surface area contributed by atoms with Crippen molar-refractivity contribution in [3.05, 3.63) is 47.4 Å². The van der Waals surface area contributed by atoms with E-state index in [1.807, 2.05) is 30.5 Å². The van der Waals surface area contributed by atoms with Gasteiger partial charge in [-0.1, -0.05) is 18.2 Å². The van der Waals surface area contributed by atoms with Gasteiger partial charge in [-0.25, -0.2) is 4.79 Å². The predicted octanol–water partition coefficient (Wildman–Crippen LogP) is 2.04. The number of benzene rings is 1. The minimum absolute atomic E-state index is 0.163. The molecule has 1 aromatic carbocycles. The number of para-hydroxylation sites is 1. The predicted molar refractivity (Wildman–Crippen MR) is 72.2 cm³/mol.